The van der Waals surface area contributed by atoms with Crippen LogP contribution in [0.5, 0.6) is 17.2 Å². The number of allylic oxidation sites excluding steroid dienone is 1. The van der Waals surface area contributed by atoms with E-state index in [0.29, 0.717) is 44.3 Å². The molecule has 38 heavy (non-hydrogen) atoms. The fourth-order valence-corrected chi connectivity index (χ4v) is 5.35. The number of ether oxygens (including phenoxy) is 4. The summed E-state index contributed by atoms with van der Waals surface area (Å²) in [6.45, 7) is 9.96. The predicted molar refractivity (Wildman–Crippen MR) is 147 cm³/mol. The van der Waals surface area contributed by atoms with Gasteiger partial charge in [-0.2, -0.15) is 0 Å². The first-order valence-electron chi connectivity index (χ1n) is 12.5. The standard InChI is InChI=1S/C29H32N2O6S/c1-7-35-23-16-20(11-14-22(23)34-6)26-25(28(33)36-8-2)18(5)30-29-31(26)27(32)24(38-29)15-19-9-12-21(13-10-19)37-17(3)4/h9-17,26H,7-8H2,1-6H3/b24-15-/t26-/m0/s1. The second-order valence-electron chi connectivity index (χ2n) is 8.88. The number of methoxy groups -OCH3 is 1. The molecule has 1 aliphatic rings. The molecule has 1 aliphatic heterocycles. The molecule has 0 saturated heterocycles. The summed E-state index contributed by atoms with van der Waals surface area (Å²) in [5.41, 5.74) is 2.12. The second-order valence-corrected chi connectivity index (χ2v) is 9.89. The molecule has 0 fully saturated rings. The summed E-state index contributed by atoms with van der Waals surface area (Å²) in [5, 5.41) is 0. The molecule has 0 bridgehead atoms. The van der Waals surface area contributed by atoms with Crippen LogP contribution in [0.1, 0.15) is 51.8 Å². The number of carbonyl (C=O) groups is 1. The number of nitrogens with zero attached hydrogens (tertiary/aromatic N) is 2. The van der Waals surface area contributed by atoms with Gasteiger partial charge >= 0.3 is 5.97 Å². The number of esters is 1. The molecular weight excluding hydrogens is 504 g/mol. The summed E-state index contributed by atoms with van der Waals surface area (Å²) >= 11 is 1.28. The van der Waals surface area contributed by atoms with E-state index in [1.165, 1.54) is 11.3 Å². The first-order valence-corrected chi connectivity index (χ1v) is 13.4. The van der Waals surface area contributed by atoms with Gasteiger partial charge in [-0.15, -0.1) is 0 Å². The lowest BCUT2D eigenvalue weighted by Gasteiger charge is -2.25. The number of rotatable bonds is 9. The van der Waals surface area contributed by atoms with Gasteiger partial charge < -0.3 is 18.9 Å². The van der Waals surface area contributed by atoms with Gasteiger partial charge in [0.1, 0.15) is 5.75 Å². The van der Waals surface area contributed by atoms with Gasteiger partial charge in [0.15, 0.2) is 16.3 Å². The maximum Gasteiger partial charge on any atom is 0.338 e. The quantitative estimate of drug-likeness (QED) is 0.384. The molecule has 0 aliphatic carbocycles. The minimum atomic E-state index is -0.737. The Balaban J connectivity index is 1.88. The Morgan fingerprint density at radius 1 is 1.11 bits per heavy atom. The maximum atomic E-state index is 13.8. The van der Waals surface area contributed by atoms with Crippen LogP contribution in [0.3, 0.4) is 0 Å². The zero-order chi connectivity index (χ0) is 27.4. The monoisotopic (exact) mass is 536 g/mol. The minimum Gasteiger partial charge on any atom is -0.493 e. The molecule has 1 atom stereocenters. The number of aromatic nitrogens is 1. The van der Waals surface area contributed by atoms with Gasteiger partial charge in [0, 0.05) is 0 Å². The van der Waals surface area contributed by atoms with Crippen molar-refractivity contribution < 1.29 is 23.7 Å². The van der Waals surface area contributed by atoms with Crippen molar-refractivity contribution in [3.05, 3.63) is 84.5 Å². The van der Waals surface area contributed by atoms with Crippen LogP contribution in [-0.4, -0.2) is 37.0 Å². The Hall–Kier alpha value is -3.85. The highest BCUT2D eigenvalue weighted by molar-refractivity contribution is 7.07. The number of hydrogen-bond donors (Lipinski definition) is 0. The van der Waals surface area contributed by atoms with Crippen molar-refractivity contribution in [2.24, 2.45) is 4.99 Å². The summed E-state index contributed by atoms with van der Waals surface area (Å²) < 4.78 is 24.4. The zero-order valence-electron chi connectivity index (χ0n) is 22.4. The van der Waals surface area contributed by atoms with Crippen LogP contribution in [0, 0.1) is 0 Å². The van der Waals surface area contributed by atoms with Crippen LogP contribution in [0.2, 0.25) is 0 Å². The average Bonchev–Trinajstić information content (AvgIpc) is 3.18. The molecule has 2 aromatic carbocycles. The van der Waals surface area contributed by atoms with Gasteiger partial charge in [0.2, 0.25) is 0 Å². The third-order valence-corrected chi connectivity index (χ3v) is 6.85. The van der Waals surface area contributed by atoms with Crippen molar-refractivity contribution in [3.63, 3.8) is 0 Å². The lowest BCUT2D eigenvalue weighted by atomic mass is 9.95. The molecule has 0 unspecified atom stereocenters. The van der Waals surface area contributed by atoms with Crippen molar-refractivity contribution in [1.29, 1.82) is 0 Å². The Morgan fingerprint density at radius 2 is 1.84 bits per heavy atom. The minimum absolute atomic E-state index is 0.0718. The van der Waals surface area contributed by atoms with E-state index in [0.717, 1.165) is 11.3 Å². The van der Waals surface area contributed by atoms with Crippen LogP contribution in [-0.2, 0) is 9.53 Å². The Labute approximate surface area is 225 Å². The molecule has 1 aromatic heterocycles. The van der Waals surface area contributed by atoms with E-state index in [9.17, 15) is 9.59 Å². The summed E-state index contributed by atoms with van der Waals surface area (Å²) in [6.07, 6.45) is 1.89. The molecule has 0 spiro atoms. The summed E-state index contributed by atoms with van der Waals surface area (Å²) in [4.78, 5) is 32.1. The number of thiazole rings is 1. The Bertz CT molecular complexity index is 1530. The molecule has 0 saturated carbocycles. The van der Waals surface area contributed by atoms with E-state index in [2.05, 4.69) is 4.99 Å². The molecule has 0 radical (unpaired) electrons. The third kappa shape index (κ3) is 5.52. The lowest BCUT2D eigenvalue weighted by Crippen LogP contribution is -2.40. The van der Waals surface area contributed by atoms with Gasteiger partial charge in [0.25, 0.3) is 5.56 Å². The second kappa shape index (κ2) is 11.7. The van der Waals surface area contributed by atoms with Crippen molar-refractivity contribution >= 4 is 23.4 Å². The topological polar surface area (TPSA) is 88.4 Å². The fraction of sp³-hybridized carbons (Fsp3) is 0.345. The van der Waals surface area contributed by atoms with Crippen LogP contribution >= 0.6 is 11.3 Å². The third-order valence-electron chi connectivity index (χ3n) is 5.87. The molecule has 3 aromatic rings. The van der Waals surface area contributed by atoms with Gasteiger partial charge in [-0.3, -0.25) is 9.36 Å². The van der Waals surface area contributed by atoms with Crippen molar-refractivity contribution in [2.75, 3.05) is 20.3 Å². The molecule has 8 nitrogen and oxygen atoms in total. The van der Waals surface area contributed by atoms with E-state index >= 15 is 0 Å². The summed E-state index contributed by atoms with van der Waals surface area (Å²) in [7, 11) is 1.57. The highest BCUT2D eigenvalue weighted by Gasteiger charge is 2.34. The molecule has 0 N–H and O–H groups in total. The summed E-state index contributed by atoms with van der Waals surface area (Å²) in [5.74, 6) is 1.34. The molecular formula is C29H32N2O6S. The smallest absolute Gasteiger partial charge is 0.338 e. The largest absolute Gasteiger partial charge is 0.493 e. The van der Waals surface area contributed by atoms with Gasteiger partial charge in [-0.1, -0.05) is 29.5 Å². The van der Waals surface area contributed by atoms with Crippen LogP contribution in [0.4, 0.5) is 0 Å². The number of hydrogen-bond acceptors (Lipinski definition) is 8. The Kier molecular flexibility index (Phi) is 8.36. The maximum absolute atomic E-state index is 13.8. The van der Waals surface area contributed by atoms with Crippen molar-refractivity contribution in [3.8, 4) is 17.2 Å². The highest BCUT2D eigenvalue weighted by atomic mass is 32.1. The molecule has 200 valence electrons. The molecule has 9 heteroatoms. The average molecular weight is 537 g/mol. The van der Waals surface area contributed by atoms with E-state index in [4.69, 9.17) is 18.9 Å². The summed E-state index contributed by atoms with van der Waals surface area (Å²) in [6, 6.07) is 12.2. The van der Waals surface area contributed by atoms with E-state index < -0.39 is 12.0 Å². The van der Waals surface area contributed by atoms with Gasteiger partial charge in [0.05, 0.1) is 48.3 Å². The number of carbonyl (C=O) groups excluding carboxylic acids is 1. The highest BCUT2D eigenvalue weighted by Crippen LogP contribution is 2.36. The van der Waals surface area contributed by atoms with E-state index in [1.807, 2.05) is 57.2 Å². The van der Waals surface area contributed by atoms with Gasteiger partial charge in [-0.25, -0.2) is 9.79 Å². The van der Waals surface area contributed by atoms with Crippen LogP contribution in [0.15, 0.2) is 63.5 Å². The first kappa shape index (κ1) is 27.2. The fourth-order valence-electron chi connectivity index (χ4n) is 4.30. The normalized spacial score (nSPS) is 15.2. The zero-order valence-corrected chi connectivity index (χ0v) is 23.3. The lowest BCUT2D eigenvalue weighted by molar-refractivity contribution is -0.139. The molecule has 4 rings (SSSR count). The molecule has 0 amide bonds. The van der Waals surface area contributed by atoms with E-state index in [1.54, 1.807) is 37.7 Å². The van der Waals surface area contributed by atoms with Crippen molar-refractivity contribution in [1.82, 2.24) is 4.57 Å². The first-order chi connectivity index (χ1) is 18.3. The number of fused-ring (bicyclic) bond motifs is 1. The Morgan fingerprint density at radius 3 is 2.47 bits per heavy atom. The van der Waals surface area contributed by atoms with E-state index in [-0.39, 0.29) is 18.3 Å². The molecule has 2 heterocycles. The van der Waals surface area contributed by atoms with Crippen LogP contribution < -0.4 is 29.1 Å². The predicted octanol–water partition coefficient (Wildman–Crippen LogP) is 3.99. The SMILES string of the molecule is CCOC(=O)C1=C(C)N=c2s/c(=C\c3ccc(OC(C)C)cc3)c(=O)n2[C@H]1c1ccc(OC)c(OCC)c1. The van der Waals surface area contributed by atoms with Crippen LogP contribution in [0.25, 0.3) is 6.08 Å². The number of benzene rings is 2. The van der Waals surface area contributed by atoms with Crippen molar-refractivity contribution in [2.45, 2.75) is 46.8 Å². The van der Waals surface area contributed by atoms with Gasteiger partial charge in [-0.05, 0) is 76.1 Å².